The second-order valence-corrected chi connectivity index (χ2v) is 6.95. The fourth-order valence-electron chi connectivity index (χ4n) is 2.79. The number of likely N-dealkylation sites (tertiary alicyclic amines) is 1. The zero-order valence-corrected chi connectivity index (χ0v) is 12.9. The van der Waals surface area contributed by atoms with Gasteiger partial charge in [0.1, 0.15) is 0 Å². The molecule has 3 heteroatoms. The molecule has 110 valence electrons. The number of hydrogen-bond donors (Lipinski definition) is 0. The minimum atomic E-state index is 0.363. The van der Waals surface area contributed by atoms with Crippen molar-refractivity contribution in [2.45, 2.75) is 58.9 Å². The number of hydrogen-bond acceptors (Lipinski definition) is 2. The maximum absolute atomic E-state index is 12.4. The molecule has 0 N–H and O–H groups in total. The molecule has 1 saturated carbocycles. The highest BCUT2D eigenvalue weighted by Crippen LogP contribution is 2.27. The van der Waals surface area contributed by atoms with Crippen LogP contribution in [0, 0.1) is 11.8 Å². The predicted molar refractivity (Wildman–Crippen MR) is 79.0 cm³/mol. The fourth-order valence-corrected chi connectivity index (χ4v) is 2.79. The molecule has 1 aliphatic carbocycles. The molecule has 0 spiro atoms. The highest BCUT2D eigenvalue weighted by Gasteiger charge is 2.31. The Labute approximate surface area is 118 Å². The van der Waals surface area contributed by atoms with Gasteiger partial charge in [-0.25, -0.2) is 0 Å². The second kappa shape index (κ2) is 6.74. The van der Waals surface area contributed by atoms with Crippen molar-refractivity contribution in [2.24, 2.45) is 11.8 Å². The van der Waals surface area contributed by atoms with E-state index < -0.39 is 0 Å². The molecule has 1 heterocycles. The Kier molecular flexibility index (Phi) is 5.26. The van der Waals surface area contributed by atoms with Crippen molar-refractivity contribution in [1.82, 2.24) is 9.80 Å². The van der Waals surface area contributed by atoms with E-state index in [0.717, 1.165) is 31.5 Å². The Morgan fingerprint density at radius 2 is 1.84 bits per heavy atom. The van der Waals surface area contributed by atoms with E-state index in [-0.39, 0.29) is 0 Å². The number of nitrogens with zero attached hydrogens (tertiary/aromatic N) is 2. The summed E-state index contributed by atoms with van der Waals surface area (Å²) in [5.74, 6) is 1.89. The van der Waals surface area contributed by atoms with Gasteiger partial charge in [-0.15, -0.1) is 0 Å². The summed E-state index contributed by atoms with van der Waals surface area (Å²) in [4.78, 5) is 16.9. The van der Waals surface area contributed by atoms with Crippen molar-refractivity contribution in [3.8, 4) is 0 Å². The smallest absolute Gasteiger partial charge is 0.236 e. The normalized spacial score (nSPS) is 21.4. The highest BCUT2D eigenvalue weighted by molar-refractivity contribution is 5.78. The highest BCUT2D eigenvalue weighted by atomic mass is 16.2. The van der Waals surface area contributed by atoms with Crippen LogP contribution in [0.1, 0.15) is 52.9 Å². The summed E-state index contributed by atoms with van der Waals surface area (Å²) in [6.07, 6.45) is 6.16. The van der Waals surface area contributed by atoms with Gasteiger partial charge in [-0.3, -0.25) is 9.69 Å². The molecule has 0 atom stereocenters. The lowest BCUT2D eigenvalue weighted by molar-refractivity contribution is -0.134. The Hall–Kier alpha value is -0.570. The first-order valence-electron chi connectivity index (χ1n) is 8.08. The SMILES string of the molecule is CC(C)CCN(CC(=O)N1CCC(C)CC1)C1CC1. The van der Waals surface area contributed by atoms with Crippen molar-refractivity contribution >= 4 is 5.91 Å². The van der Waals surface area contributed by atoms with E-state index in [1.165, 1.54) is 32.1 Å². The van der Waals surface area contributed by atoms with Crippen LogP contribution >= 0.6 is 0 Å². The summed E-state index contributed by atoms with van der Waals surface area (Å²) in [7, 11) is 0. The van der Waals surface area contributed by atoms with Crippen LogP contribution in [-0.4, -0.2) is 47.9 Å². The van der Waals surface area contributed by atoms with Gasteiger partial charge < -0.3 is 4.90 Å². The van der Waals surface area contributed by atoms with Crippen molar-refractivity contribution in [3.05, 3.63) is 0 Å². The molecule has 2 fully saturated rings. The molecule has 0 aromatic carbocycles. The zero-order valence-electron chi connectivity index (χ0n) is 12.9. The van der Waals surface area contributed by atoms with E-state index in [1.54, 1.807) is 0 Å². The van der Waals surface area contributed by atoms with E-state index in [9.17, 15) is 4.79 Å². The molecule has 0 aromatic rings. The minimum Gasteiger partial charge on any atom is -0.342 e. The van der Waals surface area contributed by atoms with Crippen LogP contribution in [0.3, 0.4) is 0 Å². The van der Waals surface area contributed by atoms with Gasteiger partial charge in [-0.05, 0) is 50.5 Å². The summed E-state index contributed by atoms with van der Waals surface area (Å²) in [6, 6.07) is 0.700. The minimum absolute atomic E-state index is 0.363. The molecule has 19 heavy (non-hydrogen) atoms. The molecule has 2 aliphatic rings. The molecule has 0 bridgehead atoms. The molecule has 1 amide bonds. The van der Waals surface area contributed by atoms with E-state index in [0.29, 0.717) is 18.5 Å². The molecule has 2 rings (SSSR count). The standard InChI is InChI=1S/C16H30N2O/c1-13(2)6-9-18(15-4-5-15)12-16(19)17-10-7-14(3)8-11-17/h13-15H,4-12H2,1-3H3. The van der Waals surface area contributed by atoms with Crippen molar-refractivity contribution < 1.29 is 4.79 Å². The maximum atomic E-state index is 12.4. The second-order valence-electron chi connectivity index (χ2n) is 6.95. The summed E-state index contributed by atoms with van der Waals surface area (Å²) in [5.41, 5.74) is 0. The summed E-state index contributed by atoms with van der Waals surface area (Å²) >= 11 is 0. The molecule has 1 aliphatic heterocycles. The predicted octanol–water partition coefficient (Wildman–Crippen LogP) is 2.76. The van der Waals surface area contributed by atoms with E-state index >= 15 is 0 Å². The van der Waals surface area contributed by atoms with Gasteiger partial charge in [0.25, 0.3) is 0 Å². The molecule has 0 radical (unpaired) electrons. The van der Waals surface area contributed by atoms with Gasteiger partial charge in [0.15, 0.2) is 0 Å². The third-order valence-corrected chi connectivity index (χ3v) is 4.53. The van der Waals surface area contributed by atoms with Gasteiger partial charge in [0.2, 0.25) is 5.91 Å². The van der Waals surface area contributed by atoms with Crippen LogP contribution in [-0.2, 0) is 4.79 Å². The van der Waals surface area contributed by atoms with E-state index in [2.05, 4.69) is 30.6 Å². The van der Waals surface area contributed by atoms with Crippen LogP contribution in [0.15, 0.2) is 0 Å². The number of rotatable bonds is 6. The first-order chi connectivity index (χ1) is 9.06. The van der Waals surface area contributed by atoms with Gasteiger partial charge in [-0.1, -0.05) is 20.8 Å². The van der Waals surface area contributed by atoms with Crippen LogP contribution in [0.25, 0.3) is 0 Å². The molecule has 0 aromatic heterocycles. The van der Waals surface area contributed by atoms with Gasteiger partial charge in [0, 0.05) is 19.1 Å². The lowest BCUT2D eigenvalue weighted by Crippen LogP contribution is -2.44. The quantitative estimate of drug-likeness (QED) is 0.738. The third kappa shape index (κ3) is 4.79. The van der Waals surface area contributed by atoms with Crippen LogP contribution in [0.4, 0.5) is 0 Å². The Bertz CT molecular complexity index is 291. The lowest BCUT2D eigenvalue weighted by Gasteiger charge is -2.32. The van der Waals surface area contributed by atoms with Crippen LogP contribution in [0.2, 0.25) is 0 Å². The summed E-state index contributed by atoms with van der Waals surface area (Å²) in [6.45, 7) is 10.5. The molecule has 3 nitrogen and oxygen atoms in total. The Balaban J connectivity index is 1.78. The Morgan fingerprint density at radius 1 is 1.21 bits per heavy atom. The average Bonchev–Trinajstić information content (AvgIpc) is 3.19. The van der Waals surface area contributed by atoms with Crippen LogP contribution < -0.4 is 0 Å². The monoisotopic (exact) mass is 266 g/mol. The summed E-state index contributed by atoms with van der Waals surface area (Å²) in [5, 5.41) is 0. The number of piperidine rings is 1. The van der Waals surface area contributed by atoms with Gasteiger partial charge >= 0.3 is 0 Å². The number of amides is 1. The topological polar surface area (TPSA) is 23.6 Å². The first kappa shape index (κ1) is 14.8. The molecular formula is C16H30N2O. The van der Waals surface area contributed by atoms with E-state index in [4.69, 9.17) is 0 Å². The number of carbonyl (C=O) groups is 1. The largest absolute Gasteiger partial charge is 0.342 e. The maximum Gasteiger partial charge on any atom is 0.236 e. The molecule has 0 unspecified atom stereocenters. The van der Waals surface area contributed by atoms with Crippen molar-refractivity contribution in [1.29, 1.82) is 0 Å². The van der Waals surface area contributed by atoms with Crippen LogP contribution in [0.5, 0.6) is 0 Å². The fraction of sp³-hybridized carbons (Fsp3) is 0.938. The molecular weight excluding hydrogens is 236 g/mol. The third-order valence-electron chi connectivity index (χ3n) is 4.53. The summed E-state index contributed by atoms with van der Waals surface area (Å²) < 4.78 is 0. The van der Waals surface area contributed by atoms with Gasteiger partial charge in [0.05, 0.1) is 6.54 Å². The van der Waals surface area contributed by atoms with Gasteiger partial charge in [-0.2, -0.15) is 0 Å². The first-order valence-corrected chi connectivity index (χ1v) is 8.08. The van der Waals surface area contributed by atoms with E-state index in [1.807, 2.05) is 0 Å². The zero-order chi connectivity index (χ0) is 13.8. The average molecular weight is 266 g/mol. The molecule has 1 saturated heterocycles. The lowest BCUT2D eigenvalue weighted by atomic mass is 9.99. The Morgan fingerprint density at radius 3 is 2.37 bits per heavy atom. The van der Waals surface area contributed by atoms with Crippen molar-refractivity contribution in [2.75, 3.05) is 26.2 Å². The van der Waals surface area contributed by atoms with Crippen molar-refractivity contribution in [3.63, 3.8) is 0 Å². The number of carbonyl (C=O) groups excluding carboxylic acids is 1.